The number of benzene rings is 1. The molecule has 0 bridgehead atoms. The van der Waals surface area contributed by atoms with E-state index < -0.39 is 17.7 Å². The Bertz CT molecular complexity index is 721. The summed E-state index contributed by atoms with van der Waals surface area (Å²) >= 11 is 6.09. The highest BCUT2D eigenvalue weighted by Gasteiger charge is 2.38. The third-order valence-corrected chi connectivity index (χ3v) is 3.58. The van der Waals surface area contributed by atoms with Crippen molar-refractivity contribution in [3.05, 3.63) is 40.6 Å². The molecule has 2 rings (SSSR count). The molecule has 1 aromatic carbocycles. The molecule has 0 aliphatic carbocycles. The first-order valence-corrected chi connectivity index (χ1v) is 8.12. The molecular weight excluding hydrogens is 348 g/mol. The van der Waals surface area contributed by atoms with Gasteiger partial charge in [0.1, 0.15) is 0 Å². The molecule has 1 aromatic rings. The van der Waals surface area contributed by atoms with E-state index in [1.165, 1.54) is 19.9 Å². The van der Waals surface area contributed by atoms with Crippen LogP contribution >= 0.6 is 11.6 Å². The monoisotopic (exact) mass is 366 g/mol. The van der Waals surface area contributed by atoms with Gasteiger partial charge in [0.05, 0.1) is 10.7 Å². The van der Waals surface area contributed by atoms with Crippen LogP contribution in [0.3, 0.4) is 0 Å². The Balaban J connectivity index is 2.18. The van der Waals surface area contributed by atoms with E-state index in [0.717, 1.165) is 12.6 Å². The lowest BCUT2D eigenvalue weighted by Crippen LogP contribution is -2.42. The number of carbonyl (C=O) groups excluding carboxylic acids is 3. The molecule has 0 aromatic heterocycles. The van der Waals surface area contributed by atoms with Crippen LogP contribution < -0.4 is 10.6 Å². The predicted octanol–water partition coefficient (Wildman–Crippen LogP) is 2.61. The zero-order chi connectivity index (χ0) is 18.6. The van der Waals surface area contributed by atoms with Gasteiger partial charge in [0.15, 0.2) is 5.57 Å². The van der Waals surface area contributed by atoms with E-state index in [1.807, 2.05) is 6.92 Å². The van der Waals surface area contributed by atoms with Gasteiger partial charge in [0.2, 0.25) is 0 Å². The van der Waals surface area contributed by atoms with Crippen LogP contribution in [0.4, 0.5) is 5.69 Å². The van der Waals surface area contributed by atoms with Crippen LogP contribution in [0.5, 0.6) is 0 Å². The maximum atomic E-state index is 12.0. The first-order chi connectivity index (χ1) is 11.7. The van der Waals surface area contributed by atoms with Crippen LogP contribution in [-0.2, 0) is 19.1 Å². The van der Waals surface area contributed by atoms with Crippen molar-refractivity contribution in [2.24, 2.45) is 0 Å². The average molecular weight is 367 g/mol. The van der Waals surface area contributed by atoms with E-state index in [0.29, 0.717) is 22.8 Å². The second-order valence-electron chi connectivity index (χ2n) is 5.83. The van der Waals surface area contributed by atoms with E-state index >= 15 is 0 Å². The van der Waals surface area contributed by atoms with Crippen LogP contribution in [-0.4, -0.2) is 30.2 Å². The van der Waals surface area contributed by atoms with E-state index in [4.69, 9.17) is 21.1 Å². The maximum absolute atomic E-state index is 12.0. The van der Waals surface area contributed by atoms with Crippen LogP contribution in [0.1, 0.15) is 37.6 Å². The fraction of sp³-hybridized carbons (Fsp3) is 0.353. The molecule has 0 atom stereocenters. The van der Waals surface area contributed by atoms with Crippen LogP contribution in [0, 0.1) is 0 Å². The van der Waals surface area contributed by atoms with Gasteiger partial charge in [-0.2, -0.15) is 0 Å². The van der Waals surface area contributed by atoms with Crippen LogP contribution in [0.2, 0.25) is 5.02 Å². The minimum atomic E-state index is -1.31. The smallest absolute Gasteiger partial charge is 0.350 e. The van der Waals surface area contributed by atoms with Crippen molar-refractivity contribution in [3.63, 3.8) is 0 Å². The Hall–Kier alpha value is -2.54. The molecule has 1 aliphatic heterocycles. The Morgan fingerprint density at radius 3 is 2.48 bits per heavy atom. The molecule has 0 spiro atoms. The second-order valence-corrected chi connectivity index (χ2v) is 6.24. The molecule has 0 saturated carbocycles. The molecule has 0 unspecified atom stereocenters. The average Bonchev–Trinajstić information content (AvgIpc) is 2.52. The Morgan fingerprint density at radius 1 is 1.24 bits per heavy atom. The molecule has 0 radical (unpaired) electrons. The number of amides is 1. The summed E-state index contributed by atoms with van der Waals surface area (Å²) in [6.07, 6.45) is 1.96. The van der Waals surface area contributed by atoms with E-state index in [2.05, 4.69) is 10.6 Å². The molecule has 1 fully saturated rings. The number of anilines is 1. The van der Waals surface area contributed by atoms with Gasteiger partial charge in [0, 0.05) is 32.2 Å². The highest BCUT2D eigenvalue weighted by Crippen LogP contribution is 2.25. The number of carbonyl (C=O) groups is 3. The molecule has 2 N–H and O–H groups in total. The van der Waals surface area contributed by atoms with Gasteiger partial charge in [-0.1, -0.05) is 18.5 Å². The molecule has 1 aliphatic rings. The Labute approximate surface area is 150 Å². The summed E-state index contributed by atoms with van der Waals surface area (Å²) in [6.45, 7) is 5.43. The standard InChI is InChI=1S/C17H19ClN2O5/c1-4-7-19-14(21)10-5-6-12(18)13(8-10)20-9-11-15(22)24-17(2,3)25-16(11)23/h5-6,8-9,20H,4,7H2,1-3H3,(H,19,21). The minimum Gasteiger partial charge on any atom is -0.419 e. The molecule has 1 amide bonds. The van der Waals surface area contributed by atoms with Gasteiger partial charge in [-0.15, -0.1) is 0 Å². The third-order valence-electron chi connectivity index (χ3n) is 3.25. The summed E-state index contributed by atoms with van der Waals surface area (Å²) in [5.41, 5.74) is 0.466. The number of rotatable bonds is 5. The van der Waals surface area contributed by atoms with E-state index in [9.17, 15) is 14.4 Å². The lowest BCUT2D eigenvalue weighted by molar-refractivity contribution is -0.222. The second kappa shape index (κ2) is 7.57. The number of cyclic esters (lactones) is 2. The number of hydrogen-bond donors (Lipinski definition) is 2. The number of hydrogen-bond acceptors (Lipinski definition) is 6. The summed E-state index contributed by atoms with van der Waals surface area (Å²) in [5, 5.41) is 5.82. The summed E-state index contributed by atoms with van der Waals surface area (Å²) in [6, 6.07) is 4.65. The number of ether oxygens (including phenoxy) is 2. The fourth-order valence-corrected chi connectivity index (χ4v) is 2.22. The van der Waals surface area contributed by atoms with Crippen molar-refractivity contribution in [2.45, 2.75) is 33.0 Å². The fourth-order valence-electron chi connectivity index (χ4n) is 2.05. The van der Waals surface area contributed by atoms with Gasteiger partial charge in [-0.05, 0) is 24.6 Å². The first-order valence-electron chi connectivity index (χ1n) is 7.74. The molecule has 25 heavy (non-hydrogen) atoms. The lowest BCUT2D eigenvalue weighted by atomic mass is 10.1. The van der Waals surface area contributed by atoms with Gasteiger partial charge in [0.25, 0.3) is 11.7 Å². The summed E-state index contributed by atoms with van der Waals surface area (Å²) in [4.78, 5) is 35.8. The Kier molecular flexibility index (Phi) is 5.69. The van der Waals surface area contributed by atoms with Crippen molar-refractivity contribution in [1.29, 1.82) is 0 Å². The molecule has 8 heteroatoms. The zero-order valence-corrected chi connectivity index (χ0v) is 14.9. The van der Waals surface area contributed by atoms with Gasteiger partial charge in [-0.3, -0.25) is 4.79 Å². The van der Waals surface area contributed by atoms with Crippen molar-refractivity contribution in [1.82, 2.24) is 5.32 Å². The molecule has 1 saturated heterocycles. The summed E-state index contributed by atoms with van der Waals surface area (Å²) in [7, 11) is 0. The van der Waals surface area contributed by atoms with Crippen molar-refractivity contribution >= 4 is 35.1 Å². The lowest BCUT2D eigenvalue weighted by Gasteiger charge is -2.29. The molecular formula is C17H19ClN2O5. The third kappa shape index (κ3) is 4.73. The van der Waals surface area contributed by atoms with Crippen LogP contribution in [0.25, 0.3) is 0 Å². The van der Waals surface area contributed by atoms with Crippen molar-refractivity contribution in [2.75, 3.05) is 11.9 Å². The molecule has 1 heterocycles. The van der Waals surface area contributed by atoms with Gasteiger partial charge >= 0.3 is 11.9 Å². The van der Waals surface area contributed by atoms with E-state index in [1.54, 1.807) is 12.1 Å². The molecule has 7 nitrogen and oxygen atoms in total. The van der Waals surface area contributed by atoms with E-state index in [-0.39, 0.29) is 11.5 Å². The number of halogens is 1. The number of nitrogens with one attached hydrogen (secondary N) is 2. The van der Waals surface area contributed by atoms with Gasteiger partial charge < -0.3 is 20.1 Å². The SMILES string of the molecule is CCCNC(=O)c1ccc(Cl)c(NC=C2C(=O)OC(C)(C)OC2=O)c1. The maximum Gasteiger partial charge on any atom is 0.350 e. The normalized spacial score (nSPS) is 15.9. The predicted molar refractivity (Wildman–Crippen MR) is 92.0 cm³/mol. The topological polar surface area (TPSA) is 93.7 Å². The summed E-state index contributed by atoms with van der Waals surface area (Å²) < 4.78 is 9.99. The summed E-state index contributed by atoms with van der Waals surface area (Å²) in [5.74, 6) is -3.16. The van der Waals surface area contributed by atoms with Crippen LogP contribution in [0.15, 0.2) is 30.0 Å². The van der Waals surface area contributed by atoms with Gasteiger partial charge in [-0.25, -0.2) is 9.59 Å². The van der Waals surface area contributed by atoms with Crippen molar-refractivity contribution < 1.29 is 23.9 Å². The quantitative estimate of drug-likeness (QED) is 0.472. The highest BCUT2D eigenvalue weighted by atomic mass is 35.5. The first kappa shape index (κ1) is 18.8. The minimum absolute atomic E-state index is 0.243. The molecule has 134 valence electrons. The highest BCUT2D eigenvalue weighted by molar-refractivity contribution is 6.33. The number of esters is 2. The Morgan fingerprint density at radius 2 is 1.88 bits per heavy atom. The zero-order valence-electron chi connectivity index (χ0n) is 14.1. The van der Waals surface area contributed by atoms with Crippen molar-refractivity contribution in [3.8, 4) is 0 Å². The largest absolute Gasteiger partial charge is 0.419 e.